The molecule has 0 amide bonds. The summed E-state index contributed by atoms with van der Waals surface area (Å²) in [4.78, 5) is 9.74. The predicted octanol–water partition coefficient (Wildman–Crippen LogP) is 12.0. The molecule has 5 heteroatoms. The van der Waals surface area contributed by atoms with Crippen molar-refractivity contribution in [2.24, 2.45) is 5.41 Å². The van der Waals surface area contributed by atoms with Crippen LogP contribution < -0.4 is 4.74 Å². The van der Waals surface area contributed by atoms with Crippen LogP contribution in [0, 0.1) is 17.5 Å². The Kier molecular flexibility index (Phi) is 8.51. The number of benzene rings is 4. The fourth-order valence-electron chi connectivity index (χ4n) is 10.8. The Hall–Kier alpha value is -4.53. The molecule has 0 N–H and O–H groups in total. The summed E-state index contributed by atoms with van der Waals surface area (Å²) in [5.41, 5.74) is 11.9. The fraction of sp³-hybridized carbons (Fsp3) is 0.306. The maximum atomic E-state index is 6.77. The van der Waals surface area contributed by atoms with Gasteiger partial charge in [-0.05, 0) is 94.1 Å². The maximum Gasteiger partial charge on any atom is 2.00 e. The van der Waals surface area contributed by atoms with Gasteiger partial charge in [0.15, 0.2) is 0 Å². The van der Waals surface area contributed by atoms with Crippen molar-refractivity contribution in [3.05, 3.63) is 149 Å². The average Bonchev–Trinajstić information content (AvgIpc) is 3.79. The third-order valence-electron chi connectivity index (χ3n) is 13.6. The Bertz CT molecular complexity index is 2510. The van der Waals surface area contributed by atoms with E-state index in [-0.39, 0.29) is 37.3 Å². The van der Waals surface area contributed by atoms with E-state index in [9.17, 15) is 0 Å². The van der Waals surface area contributed by atoms with Crippen LogP contribution in [0.2, 0.25) is 0 Å². The second-order valence-corrected chi connectivity index (χ2v) is 16.8. The zero-order valence-corrected chi connectivity index (χ0v) is 33.8. The normalized spacial score (nSPS) is 18.1. The second-order valence-electron chi connectivity index (χ2n) is 16.8. The Balaban J connectivity index is 0.00000384. The van der Waals surface area contributed by atoms with Gasteiger partial charge in [-0.15, -0.1) is 34.9 Å². The first-order valence-electron chi connectivity index (χ1n) is 19.4. The van der Waals surface area contributed by atoms with E-state index in [4.69, 9.17) is 14.7 Å². The van der Waals surface area contributed by atoms with Crippen molar-refractivity contribution in [1.29, 1.82) is 0 Å². The van der Waals surface area contributed by atoms with Gasteiger partial charge in [0, 0.05) is 34.7 Å². The van der Waals surface area contributed by atoms with Crippen LogP contribution in [0.5, 0.6) is 11.5 Å². The molecule has 54 heavy (non-hydrogen) atoms. The molecule has 3 aromatic heterocycles. The SMILES string of the molecule is CC1(C)c2ccccc2C(C)(C)C12Cc1cc(Oc3[c-]c(-n4c5ccc(C6CCCCC6)cc5c5cccnc54)ccc3)[c-]c(-c3ccccn3)c1C2.[Pt+2]. The number of nitrogens with zero attached hydrogens (tertiary/aromatic N) is 3. The van der Waals surface area contributed by atoms with Gasteiger partial charge in [-0.2, -0.15) is 6.07 Å². The first-order valence-corrected chi connectivity index (χ1v) is 19.4. The molecule has 0 bridgehead atoms. The summed E-state index contributed by atoms with van der Waals surface area (Å²) < 4.78 is 9.01. The molecule has 1 saturated carbocycles. The van der Waals surface area contributed by atoms with E-state index in [0.717, 1.165) is 41.0 Å². The van der Waals surface area contributed by atoms with Crippen LogP contribution in [0.15, 0.2) is 109 Å². The third kappa shape index (κ3) is 5.19. The van der Waals surface area contributed by atoms with Gasteiger partial charge in [0.25, 0.3) is 0 Å². The van der Waals surface area contributed by atoms with Gasteiger partial charge in [0.05, 0.1) is 5.52 Å². The van der Waals surface area contributed by atoms with Crippen molar-refractivity contribution in [3.8, 4) is 28.4 Å². The summed E-state index contributed by atoms with van der Waals surface area (Å²) in [5, 5.41) is 2.41. The molecule has 0 aliphatic heterocycles. The number of ether oxygens (including phenoxy) is 1. The van der Waals surface area contributed by atoms with E-state index in [1.54, 1.807) is 0 Å². The summed E-state index contributed by atoms with van der Waals surface area (Å²) in [6, 6.07) is 42.3. The monoisotopic (exact) mass is 886 g/mol. The van der Waals surface area contributed by atoms with Crippen molar-refractivity contribution in [3.63, 3.8) is 0 Å². The smallest absolute Gasteiger partial charge is 0.503 e. The van der Waals surface area contributed by atoms with Gasteiger partial charge < -0.3 is 14.3 Å². The van der Waals surface area contributed by atoms with Crippen molar-refractivity contribution >= 4 is 21.9 Å². The van der Waals surface area contributed by atoms with E-state index < -0.39 is 0 Å². The molecular weight excluding hydrogens is 842 g/mol. The minimum atomic E-state index is -0.0237. The van der Waals surface area contributed by atoms with Gasteiger partial charge in [-0.3, -0.25) is 0 Å². The van der Waals surface area contributed by atoms with Crippen LogP contribution in [-0.2, 0) is 44.7 Å². The first kappa shape index (κ1) is 35.2. The number of hydrogen-bond donors (Lipinski definition) is 0. The molecule has 3 heterocycles. The quantitative estimate of drug-likeness (QED) is 0.162. The summed E-state index contributed by atoms with van der Waals surface area (Å²) in [5.74, 6) is 1.98. The fourth-order valence-corrected chi connectivity index (χ4v) is 10.8. The minimum Gasteiger partial charge on any atom is -0.503 e. The van der Waals surface area contributed by atoms with Gasteiger partial charge in [0.2, 0.25) is 0 Å². The minimum absolute atomic E-state index is 0. The van der Waals surface area contributed by atoms with Gasteiger partial charge in [0.1, 0.15) is 5.65 Å². The predicted molar refractivity (Wildman–Crippen MR) is 214 cm³/mol. The molecule has 1 fully saturated rings. The van der Waals surface area contributed by atoms with Crippen molar-refractivity contribution < 1.29 is 25.8 Å². The zero-order chi connectivity index (χ0) is 36.0. The van der Waals surface area contributed by atoms with Crippen LogP contribution in [-0.4, -0.2) is 14.5 Å². The summed E-state index contributed by atoms with van der Waals surface area (Å²) in [6.07, 6.45) is 12.2. The van der Waals surface area contributed by atoms with E-state index in [2.05, 4.69) is 123 Å². The number of pyridine rings is 2. The number of rotatable bonds is 5. The zero-order valence-electron chi connectivity index (χ0n) is 31.5. The molecule has 3 aliphatic carbocycles. The number of aromatic nitrogens is 3. The van der Waals surface area contributed by atoms with Crippen molar-refractivity contribution in [1.82, 2.24) is 14.5 Å². The first-order chi connectivity index (χ1) is 25.7. The molecule has 7 aromatic rings. The van der Waals surface area contributed by atoms with Crippen LogP contribution >= 0.6 is 0 Å². The van der Waals surface area contributed by atoms with Crippen LogP contribution in [0.1, 0.15) is 93.5 Å². The second kappa shape index (κ2) is 13.1. The molecule has 272 valence electrons. The molecule has 0 saturated heterocycles. The Morgan fingerprint density at radius 1 is 0.685 bits per heavy atom. The molecule has 4 aromatic carbocycles. The molecule has 3 aliphatic rings. The van der Waals surface area contributed by atoms with Gasteiger partial charge in [-0.1, -0.05) is 114 Å². The molecule has 1 spiro atoms. The molecule has 4 nitrogen and oxygen atoms in total. The van der Waals surface area contributed by atoms with E-state index in [1.807, 2.05) is 30.6 Å². The van der Waals surface area contributed by atoms with Gasteiger partial charge >= 0.3 is 21.1 Å². The summed E-state index contributed by atoms with van der Waals surface area (Å²) >= 11 is 0. The van der Waals surface area contributed by atoms with Gasteiger partial charge in [-0.25, -0.2) is 4.98 Å². The largest absolute Gasteiger partial charge is 2.00 e. The van der Waals surface area contributed by atoms with Crippen LogP contribution in [0.4, 0.5) is 0 Å². The summed E-state index contributed by atoms with van der Waals surface area (Å²) in [6.45, 7) is 9.81. The van der Waals surface area contributed by atoms with Crippen LogP contribution in [0.25, 0.3) is 38.9 Å². The maximum absolute atomic E-state index is 6.77. The van der Waals surface area contributed by atoms with Crippen LogP contribution in [0.3, 0.4) is 0 Å². The summed E-state index contributed by atoms with van der Waals surface area (Å²) in [7, 11) is 0. The standard InChI is InChI=1S/C49H45N3O.Pt/c1-47(2)42-19-8-9-20-43(42)48(3,4)49(47)30-34-26-37(29-39(41(34)31-49)44-21-10-11-24-50-44)53-36-17-12-16-35(28-36)52-45-23-22-33(32-14-6-5-7-15-32)27-40(45)38-18-13-25-51-46(38)52;/h8-13,16-27,32H,5-7,14-15,30-31H2,1-4H3;/q-2;+2. The average molecular weight is 887 g/mol. The van der Waals surface area contributed by atoms with E-state index in [0.29, 0.717) is 17.4 Å². The molecule has 0 atom stereocenters. The Labute approximate surface area is 333 Å². The number of hydrogen-bond acceptors (Lipinski definition) is 3. The number of fused-ring (bicyclic) bond motifs is 5. The molecular formula is C49H45N3OPt. The van der Waals surface area contributed by atoms with Crippen molar-refractivity contribution in [2.75, 3.05) is 0 Å². The van der Waals surface area contributed by atoms with E-state index in [1.165, 1.54) is 70.7 Å². The molecule has 0 unspecified atom stereocenters. The molecule has 0 radical (unpaired) electrons. The Morgan fingerprint density at radius 2 is 1.44 bits per heavy atom. The van der Waals surface area contributed by atoms with E-state index >= 15 is 0 Å². The van der Waals surface area contributed by atoms with Crippen molar-refractivity contribution in [2.45, 2.75) is 89.4 Å². The topological polar surface area (TPSA) is 39.9 Å². The molecule has 10 rings (SSSR count). The Morgan fingerprint density at radius 3 is 2.20 bits per heavy atom. The third-order valence-corrected chi connectivity index (χ3v) is 13.6.